The van der Waals surface area contributed by atoms with E-state index in [4.69, 9.17) is 0 Å². The maximum absolute atomic E-state index is 12.0. The molecule has 0 saturated heterocycles. The van der Waals surface area contributed by atoms with E-state index in [0.717, 1.165) is 28.2 Å². The largest absolute Gasteiger partial charge is 0.352 e. The summed E-state index contributed by atoms with van der Waals surface area (Å²) in [7, 11) is 0. The van der Waals surface area contributed by atoms with Gasteiger partial charge in [-0.2, -0.15) is 0 Å². The highest BCUT2D eigenvalue weighted by atomic mass is 79.9. The lowest BCUT2D eigenvalue weighted by Gasteiger charge is -2.13. The highest BCUT2D eigenvalue weighted by Gasteiger charge is 2.09. The third kappa shape index (κ3) is 3.60. The van der Waals surface area contributed by atoms with Gasteiger partial charge in [-0.3, -0.25) is 4.79 Å². The van der Waals surface area contributed by atoms with E-state index in [-0.39, 0.29) is 11.9 Å². The van der Waals surface area contributed by atoms with E-state index >= 15 is 0 Å². The van der Waals surface area contributed by atoms with Gasteiger partial charge in [0.1, 0.15) is 6.54 Å². The second-order valence-corrected chi connectivity index (χ2v) is 5.82. The van der Waals surface area contributed by atoms with Gasteiger partial charge >= 0.3 is 0 Å². The van der Waals surface area contributed by atoms with Crippen molar-refractivity contribution in [2.45, 2.75) is 39.3 Å². The Kier molecular flexibility index (Phi) is 4.64. The minimum absolute atomic E-state index is 0.0680. The fourth-order valence-electron chi connectivity index (χ4n) is 2.28. The molecular formula is C15H19BrN2O. The molecular weight excluding hydrogens is 304 g/mol. The summed E-state index contributed by atoms with van der Waals surface area (Å²) in [4.78, 5) is 12.0. The van der Waals surface area contributed by atoms with Crippen LogP contribution >= 0.6 is 15.9 Å². The third-order valence-corrected chi connectivity index (χ3v) is 3.67. The number of carbonyl (C=O) groups is 1. The van der Waals surface area contributed by atoms with Crippen molar-refractivity contribution in [2.24, 2.45) is 0 Å². The second-order valence-electron chi connectivity index (χ2n) is 4.90. The quantitative estimate of drug-likeness (QED) is 0.894. The molecule has 0 aliphatic carbocycles. The molecule has 4 heteroatoms. The number of aromatic nitrogens is 1. The van der Waals surface area contributed by atoms with Crippen LogP contribution in [0.1, 0.15) is 26.7 Å². The lowest BCUT2D eigenvalue weighted by Crippen LogP contribution is -2.34. The van der Waals surface area contributed by atoms with Crippen molar-refractivity contribution in [1.29, 1.82) is 0 Å². The van der Waals surface area contributed by atoms with Crippen LogP contribution in [0.15, 0.2) is 34.9 Å². The van der Waals surface area contributed by atoms with Crippen LogP contribution in [0.3, 0.4) is 0 Å². The van der Waals surface area contributed by atoms with E-state index in [1.54, 1.807) is 0 Å². The first kappa shape index (κ1) is 14.1. The zero-order chi connectivity index (χ0) is 13.8. The summed E-state index contributed by atoms with van der Waals surface area (Å²) in [6, 6.07) is 8.37. The van der Waals surface area contributed by atoms with Crippen molar-refractivity contribution in [3.8, 4) is 0 Å². The SMILES string of the molecule is CCCC(C)NC(=O)Cn1ccc2ccc(Br)cc21. The molecule has 1 heterocycles. The number of hydrogen-bond donors (Lipinski definition) is 1. The lowest BCUT2D eigenvalue weighted by molar-refractivity contribution is -0.122. The summed E-state index contributed by atoms with van der Waals surface area (Å²) in [6.45, 7) is 4.54. The van der Waals surface area contributed by atoms with Gasteiger partial charge < -0.3 is 9.88 Å². The van der Waals surface area contributed by atoms with Crippen LogP contribution in [-0.2, 0) is 11.3 Å². The highest BCUT2D eigenvalue weighted by Crippen LogP contribution is 2.20. The topological polar surface area (TPSA) is 34.0 Å². The predicted molar refractivity (Wildman–Crippen MR) is 82.2 cm³/mol. The summed E-state index contributed by atoms with van der Waals surface area (Å²) in [5.41, 5.74) is 1.08. The number of nitrogens with zero attached hydrogens (tertiary/aromatic N) is 1. The predicted octanol–water partition coefficient (Wildman–Crippen LogP) is 3.71. The molecule has 0 aliphatic rings. The fourth-order valence-corrected chi connectivity index (χ4v) is 2.62. The van der Waals surface area contributed by atoms with E-state index in [1.807, 2.05) is 42.0 Å². The van der Waals surface area contributed by atoms with Gasteiger partial charge in [0.05, 0.1) is 0 Å². The first-order chi connectivity index (χ1) is 9.10. The molecule has 2 aromatic rings. The third-order valence-electron chi connectivity index (χ3n) is 3.18. The van der Waals surface area contributed by atoms with E-state index in [0.29, 0.717) is 6.54 Å². The van der Waals surface area contributed by atoms with Crippen molar-refractivity contribution in [3.05, 3.63) is 34.9 Å². The maximum atomic E-state index is 12.0. The number of halogens is 1. The van der Waals surface area contributed by atoms with Gasteiger partial charge in [-0.1, -0.05) is 35.3 Å². The van der Waals surface area contributed by atoms with Gasteiger partial charge in [-0.05, 0) is 36.9 Å². The maximum Gasteiger partial charge on any atom is 0.240 e. The Hall–Kier alpha value is -1.29. The zero-order valence-electron chi connectivity index (χ0n) is 11.3. The molecule has 2 rings (SSSR count). The van der Waals surface area contributed by atoms with Gasteiger partial charge in [0.25, 0.3) is 0 Å². The van der Waals surface area contributed by atoms with Gasteiger partial charge in [-0.15, -0.1) is 0 Å². The number of nitrogens with one attached hydrogen (secondary N) is 1. The molecule has 19 heavy (non-hydrogen) atoms. The molecule has 0 aliphatic heterocycles. The molecule has 3 nitrogen and oxygen atoms in total. The monoisotopic (exact) mass is 322 g/mol. The van der Waals surface area contributed by atoms with E-state index in [2.05, 4.69) is 28.2 Å². The zero-order valence-corrected chi connectivity index (χ0v) is 12.9. The molecule has 102 valence electrons. The Morgan fingerprint density at radius 1 is 1.42 bits per heavy atom. The van der Waals surface area contributed by atoms with Crippen molar-refractivity contribution in [2.75, 3.05) is 0 Å². The molecule has 1 atom stereocenters. The van der Waals surface area contributed by atoms with Crippen LogP contribution in [0.4, 0.5) is 0 Å². The molecule has 0 saturated carbocycles. The summed E-state index contributed by atoms with van der Waals surface area (Å²) in [5, 5.41) is 4.18. The smallest absolute Gasteiger partial charge is 0.240 e. The molecule has 0 radical (unpaired) electrons. The van der Waals surface area contributed by atoms with E-state index in [9.17, 15) is 4.79 Å². The number of carbonyl (C=O) groups excluding carboxylic acids is 1. The first-order valence-corrected chi connectivity index (χ1v) is 7.43. The summed E-state index contributed by atoms with van der Waals surface area (Å²) < 4.78 is 3.01. The molecule has 1 aromatic heterocycles. The van der Waals surface area contributed by atoms with Gasteiger partial charge in [0.15, 0.2) is 0 Å². The summed E-state index contributed by atoms with van der Waals surface area (Å²) in [6.07, 6.45) is 4.06. The normalized spacial score (nSPS) is 12.6. The Bertz CT molecular complexity index is 577. The Morgan fingerprint density at radius 2 is 2.21 bits per heavy atom. The van der Waals surface area contributed by atoms with Gasteiger partial charge in [0.2, 0.25) is 5.91 Å². The van der Waals surface area contributed by atoms with Crippen LogP contribution in [0, 0.1) is 0 Å². The number of fused-ring (bicyclic) bond motifs is 1. The van der Waals surface area contributed by atoms with Crippen molar-refractivity contribution in [1.82, 2.24) is 9.88 Å². The van der Waals surface area contributed by atoms with Crippen LogP contribution in [0.2, 0.25) is 0 Å². The average molecular weight is 323 g/mol. The van der Waals surface area contributed by atoms with E-state index in [1.165, 1.54) is 0 Å². The van der Waals surface area contributed by atoms with Gasteiger partial charge in [0, 0.05) is 22.2 Å². The van der Waals surface area contributed by atoms with Crippen molar-refractivity contribution < 1.29 is 4.79 Å². The standard InChI is InChI=1S/C15H19BrN2O/c1-3-4-11(2)17-15(19)10-18-8-7-12-5-6-13(16)9-14(12)18/h5-9,11H,3-4,10H2,1-2H3,(H,17,19). The van der Waals surface area contributed by atoms with Crippen LogP contribution in [0.5, 0.6) is 0 Å². The number of benzene rings is 1. The van der Waals surface area contributed by atoms with Gasteiger partial charge in [-0.25, -0.2) is 0 Å². The average Bonchev–Trinajstić information content (AvgIpc) is 2.72. The minimum atomic E-state index is 0.0680. The first-order valence-electron chi connectivity index (χ1n) is 6.64. The van der Waals surface area contributed by atoms with Crippen molar-refractivity contribution in [3.63, 3.8) is 0 Å². The van der Waals surface area contributed by atoms with E-state index < -0.39 is 0 Å². The second kappa shape index (κ2) is 6.24. The molecule has 1 unspecified atom stereocenters. The fraction of sp³-hybridized carbons (Fsp3) is 0.400. The molecule has 1 amide bonds. The Morgan fingerprint density at radius 3 is 2.95 bits per heavy atom. The molecule has 1 aromatic carbocycles. The lowest BCUT2D eigenvalue weighted by atomic mass is 10.2. The Labute approximate surface area is 122 Å². The summed E-state index contributed by atoms with van der Waals surface area (Å²) >= 11 is 3.46. The Balaban J connectivity index is 2.08. The van der Waals surface area contributed by atoms with Crippen molar-refractivity contribution >= 4 is 32.7 Å². The molecule has 0 spiro atoms. The number of amides is 1. The molecule has 0 fully saturated rings. The number of rotatable bonds is 5. The molecule has 0 bridgehead atoms. The highest BCUT2D eigenvalue weighted by molar-refractivity contribution is 9.10. The summed E-state index contributed by atoms with van der Waals surface area (Å²) in [5.74, 6) is 0.0680. The van der Waals surface area contributed by atoms with Crippen LogP contribution in [-0.4, -0.2) is 16.5 Å². The van der Waals surface area contributed by atoms with Crippen LogP contribution < -0.4 is 5.32 Å². The van der Waals surface area contributed by atoms with Crippen LogP contribution in [0.25, 0.3) is 10.9 Å². The number of hydrogen-bond acceptors (Lipinski definition) is 1. The molecule has 1 N–H and O–H groups in total. The minimum Gasteiger partial charge on any atom is -0.352 e.